The zero-order chi connectivity index (χ0) is 12.5. The molecular formula is C16H16ClN. The van der Waals surface area contributed by atoms with Crippen molar-refractivity contribution in [2.24, 2.45) is 0 Å². The van der Waals surface area contributed by atoms with Crippen molar-refractivity contribution in [3.63, 3.8) is 0 Å². The van der Waals surface area contributed by atoms with Crippen molar-refractivity contribution >= 4 is 17.3 Å². The van der Waals surface area contributed by atoms with Gasteiger partial charge in [-0.25, -0.2) is 0 Å². The molecule has 1 nitrogen and oxygen atoms in total. The third-order valence-corrected chi connectivity index (χ3v) is 3.97. The number of anilines is 1. The van der Waals surface area contributed by atoms with Crippen LogP contribution in [0.2, 0.25) is 5.02 Å². The van der Waals surface area contributed by atoms with Gasteiger partial charge >= 0.3 is 0 Å². The zero-order valence-electron chi connectivity index (χ0n) is 10.4. The Morgan fingerprint density at radius 2 is 1.78 bits per heavy atom. The number of rotatable bonds is 2. The Labute approximate surface area is 113 Å². The SMILES string of the molecule is CC1Nc2ccccc2C1Cc1ccc(Cl)cc1. The molecule has 1 N–H and O–H groups in total. The van der Waals surface area contributed by atoms with Crippen LogP contribution in [-0.4, -0.2) is 6.04 Å². The van der Waals surface area contributed by atoms with E-state index < -0.39 is 0 Å². The molecule has 0 amide bonds. The summed E-state index contributed by atoms with van der Waals surface area (Å²) in [6, 6.07) is 17.3. The summed E-state index contributed by atoms with van der Waals surface area (Å²) in [5, 5.41) is 4.36. The Hall–Kier alpha value is -1.47. The molecule has 0 saturated carbocycles. The van der Waals surface area contributed by atoms with Gasteiger partial charge < -0.3 is 5.32 Å². The lowest BCUT2D eigenvalue weighted by atomic mass is 9.89. The second-order valence-electron chi connectivity index (χ2n) is 4.96. The molecule has 2 heteroatoms. The number of fused-ring (bicyclic) bond motifs is 1. The third-order valence-electron chi connectivity index (χ3n) is 3.72. The lowest BCUT2D eigenvalue weighted by Crippen LogP contribution is -2.17. The second kappa shape index (κ2) is 4.66. The molecule has 1 heterocycles. The van der Waals surface area contributed by atoms with Crippen molar-refractivity contribution < 1.29 is 0 Å². The van der Waals surface area contributed by atoms with E-state index in [0.29, 0.717) is 12.0 Å². The maximum atomic E-state index is 5.93. The van der Waals surface area contributed by atoms with Gasteiger partial charge in [0, 0.05) is 22.7 Å². The molecule has 1 aliphatic rings. The van der Waals surface area contributed by atoms with E-state index in [4.69, 9.17) is 11.6 Å². The molecule has 3 rings (SSSR count). The van der Waals surface area contributed by atoms with E-state index >= 15 is 0 Å². The molecule has 0 aromatic heterocycles. The average Bonchev–Trinajstić information content (AvgIpc) is 2.69. The summed E-state index contributed by atoms with van der Waals surface area (Å²) in [6.45, 7) is 2.25. The summed E-state index contributed by atoms with van der Waals surface area (Å²) in [5.74, 6) is 0.544. The van der Waals surface area contributed by atoms with Crippen LogP contribution >= 0.6 is 11.6 Å². The van der Waals surface area contributed by atoms with E-state index in [1.54, 1.807) is 0 Å². The van der Waals surface area contributed by atoms with Crippen molar-refractivity contribution in [3.05, 3.63) is 64.7 Å². The fraction of sp³-hybridized carbons (Fsp3) is 0.250. The van der Waals surface area contributed by atoms with Gasteiger partial charge in [-0.1, -0.05) is 41.9 Å². The quantitative estimate of drug-likeness (QED) is 0.836. The van der Waals surface area contributed by atoms with Crippen molar-refractivity contribution in [1.29, 1.82) is 0 Å². The standard InChI is InChI=1S/C16H16ClN/c1-11-15(10-12-6-8-13(17)9-7-12)14-4-2-3-5-16(14)18-11/h2-9,11,15,18H,10H2,1H3. The van der Waals surface area contributed by atoms with Gasteiger partial charge in [-0.2, -0.15) is 0 Å². The largest absolute Gasteiger partial charge is 0.382 e. The summed E-state index contributed by atoms with van der Waals surface area (Å²) in [5.41, 5.74) is 4.05. The first-order valence-electron chi connectivity index (χ1n) is 6.34. The van der Waals surface area contributed by atoms with Gasteiger partial charge in [0.2, 0.25) is 0 Å². The van der Waals surface area contributed by atoms with E-state index in [0.717, 1.165) is 11.4 Å². The minimum Gasteiger partial charge on any atom is -0.382 e. The lowest BCUT2D eigenvalue weighted by molar-refractivity contribution is 0.629. The molecule has 2 unspecified atom stereocenters. The van der Waals surface area contributed by atoms with Crippen LogP contribution in [0.3, 0.4) is 0 Å². The van der Waals surface area contributed by atoms with Crippen LogP contribution in [0.15, 0.2) is 48.5 Å². The van der Waals surface area contributed by atoms with Crippen LogP contribution in [0.4, 0.5) is 5.69 Å². The molecule has 0 bridgehead atoms. The average molecular weight is 258 g/mol. The highest BCUT2D eigenvalue weighted by molar-refractivity contribution is 6.30. The first-order chi connectivity index (χ1) is 8.74. The highest BCUT2D eigenvalue weighted by atomic mass is 35.5. The van der Waals surface area contributed by atoms with Crippen LogP contribution in [0.25, 0.3) is 0 Å². The van der Waals surface area contributed by atoms with E-state index in [-0.39, 0.29) is 0 Å². The summed E-state index contributed by atoms with van der Waals surface area (Å²) in [6.07, 6.45) is 1.06. The summed E-state index contributed by atoms with van der Waals surface area (Å²) < 4.78 is 0. The van der Waals surface area contributed by atoms with Crippen LogP contribution < -0.4 is 5.32 Å². The Morgan fingerprint density at radius 3 is 2.56 bits per heavy atom. The topological polar surface area (TPSA) is 12.0 Å². The monoisotopic (exact) mass is 257 g/mol. The molecule has 0 spiro atoms. The highest BCUT2D eigenvalue weighted by Crippen LogP contribution is 2.37. The van der Waals surface area contributed by atoms with Gasteiger partial charge in [0.1, 0.15) is 0 Å². The minimum absolute atomic E-state index is 0.484. The Kier molecular flexibility index (Phi) is 3.00. The van der Waals surface area contributed by atoms with E-state index in [1.165, 1.54) is 16.8 Å². The molecule has 92 valence electrons. The van der Waals surface area contributed by atoms with Crippen molar-refractivity contribution in [1.82, 2.24) is 0 Å². The smallest absolute Gasteiger partial charge is 0.0406 e. The van der Waals surface area contributed by atoms with Crippen molar-refractivity contribution in [3.8, 4) is 0 Å². The van der Waals surface area contributed by atoms with Gasteiger partial charge in [-0.3, -0.25) is 0 Å². The fourth-order valence-electron chi connectivity index (χ4n) is 2.73. The number of nitrogens with one attached hydrogen (secondary N) is 1. The molecule has 1 aliphatic heterocycles. The molecular weight excluding hydrogens is 242 g/mol. The molecule has 2 aromatic rings. The number of hydrogen-bond acceptors (Lipinski definition) is 1. The summed E-state index contributed by atoms with van der Waals surface area (Å²) in [7, 11) is 0. The Bertz CT molecular complexity index is 547. The number of benzene rings is 2. The van der Waals surface area contributed by atoms with E-state index in [9.17, 15) is 0 Å². The predicted octanol–water partition coefficient (Wildman–Crippen LogP) is 4.48. The summed E-state index contributed by atoms with van der Waals surface area (Å²) in [4.78, 5) is 0. The molecule has 2 atom stereocenters. The van der Waals surface area contributed by atoms with Crippen molar-refractivity contribution in [2.75, 3.05) is 5.32 Å². The van der Waals surface area contributed by atoms with Gasteiger partial charge in [-0.05, 0) is 42.7 Å². The maximum absolute atomic E-state index is 5.93. The van der Waals surface area contributed by atoms with Crippen molar-refractivity contribution in [2.45, 2.75) is 25.3 Å². The molecule has 2 aromatic carbocycles. The number of halogens is 1. The van der Waals surface area contributed by atoms with Crippen LogP contribution in [-0.2, 0) is 6.42 Å². The Morgan fingerprint density at radius 1 is 1.06 bits per heavy atom. The van der Waals surface area contributed by atoms with Crippen LogP contribution in [0, 0.1) is 0 Å². The molecule has 0 aliphatic carbocycles. The zero-order valence-corrected chi connectivity index (χ0v) is 11.1. The lowest BCUT2D eigenvalue weighted by Gasteiger charge is -2.16. The van der Waals surface area contributed by atoms with Crippen LogP contribution in [0.5, 0.6) is 0 Å². The normalized spacial score (nSPS) is 21.4. The predicted molar refractivity (Wildman–Crippen MR) is 77.4 cm³/mol. The third kappa shape index (κ3) is 2.11. The first-order valence-corrected chi connectivity index (χ1v) is 6.72. The fourth-order valence-corrected chi connectivity index (χ4v) is 2.85. The Balaban J connectivity index is 1.87. The van der Waals surface area contributed by atoms with Gasteiger partial charge in [0.05, 0.1) is 0 Å². The first kappa shape index (κ1) is 11.6. The molecule has 0 fully saturated rings. The van der Waals surface area contributed by atoms with Gasteiger partial charge in [0.25, 0.3) is 0 Å². The number of para-hydroxylation sites is 1. The van der Waals surface area contributed by atoms with E-state index in [2.05, 4.69) is 48.6 Å². The molecule has 18 heavy (non-hydrogen) atoms. The summed E-state index contributed by atoms with van der Waals surface area (Å²) >= 11 is 5.93. The van der Waals surface area contributed by atoms with E-state index in [1.807, 2.05) is 12.1 Å². The minimum atomic E-state index is 0.484. The highest BCUT2D eigenvalue weighted by Gasteiger charge is 2.28. The van der Waals surface area contributed by atoms with Crippen LogP contribution in [0.1, 0.15) is 24.0 Å². The van der Waals surface area contributed by atoms with Gasteiger partial charge in [-0.15, -0.1) is 0 Å². The maximum Gasteiger partial charge on any atom is 0.0406 e. The molecule has 0 radical (unpaired) electrons. The number of hydrogen-bond donors (Lipinski definition) is 1. The molecule has 0 saturated heterocycles. The second-order valence-corrected chi connectivity index (χ2v) is 5.39. The van der Waals surface area contributed by atoms with Gasteiger partial charge in [0.15, 0.2) is 0 Å².